The summed E-state index contributed by atoms with van der Waals surface area (Å²) < 4.78 is 0. The molecule has 31 heavy (non-hydrogen) atoms. The van der Waals surface area contributed by atoms with Crippen molar-refractivity contribution in [1.82, 2.24) is 25.1 Å². The number of para-hydroxylation sites is 2. The van der Waals surface area contributed by atoms with Crippen molar-refractivity contribution in [2.24, 2.45) is 0 Å². The van der Waals surface area contributed by atoms with Crippen molar-refractivity contribution < 1.29 is 9.72 Å². The molecule has 1 aliphatic heterocycles. The molecule has 0 N–H and O–H groups in total. The van der Waals surface area contributed by atoms with Gasteiger partial charge in [0.2, 0.25) is 11.7 Å². The van der Waals surface area contributed by atoms with E-state index in [9.17, 15) is 14.9 Å². The second-order valence-electron chi connectivity index (χ2n) is 7.31. The third kappa shape index (κ3) is 4.52. The van der Waals surface area contributed by atoms with Gasteiger partial charge in [0.25, 0.3) is 5.69 Å². The van der Waals surface area contributed by atoms with Crippen LogP contribution in [-0.2, 0) is 17.8 Å². The van der Waals surface area contributed by atoms with E-state index < -0.39 is 0 Å². The number of carbonyl (C=O) groups excluding carboxylic acids is 1. The molecule has 0 bridgehead atoms. The Morgan fingerprint density at radius 2 is 1.77 bits per heavy atom. The minimum Gasteiger partial charge on any atom is -0.362 e. The highest BCUT2D eigenvalue weighted by atomic mass is 16.6. The molecule has 0 radical (unpaired) electrons. The summed E-state index contributed by atoms with van der Waals surface area (Å²) in [6, 6.07) is 14.6. The fourth-order valence-corrected chi connectivity index (χ4v) is 3.62. The van der Waals surface area contributed by atoms with Crippen LogP contribution in [0.25, 0.3) is 11.4 Å². The number of aryl methyl sites for hydroxylation is 1. The first-order valence-corrected chi connectivity index (χ1v) is 10.2. The van der Waals surface area contributed by atoms with Gasteiger partial charge in [-0.25, -0.2) is 0 Å². The molecule has 2 aromatic carbocycles. The topological polar surface area (TPSA) is 110 Å². The van der Waals surface area contributed by atoms with Crippen molar-refractivity contribution in [2.75, 3.05) is 31.1 Å². The third-order valence-corrected chi connectivity index (χ3v) is 5.40. The van der Waals surface area contributed by atoms with Gasteiger partial charge in [0.1, 0.15) is 12.2 Å². The highest BCUT2D eigenvalue weighted by Gasteiger charge is 2.26. The molecule has 0 aliphatic carbocycles. The van der Waals surface area contributed by atoms with E-state index in [1.54, 1.807) is 23.1 Å². The van der Waals surface area contributed by atoms with Crippen molar-refractivity contribution in [1.29, 1.82) is 0 Å². The maximum atomic E-state index is 12.7. The molecule has 2 heterocycles. The van der Waals surface area contributed by atoms with Crippen LogP contribution in [0, 0.1) is 10.1 Å². The van der Waals surface area contributed by atoms with E-state index in [0.29, 0.717) is 37.7 Å². The Morgan fingerprint density at radius 3 is 2.45 bits per heavy atom. The summed E-state index contributed by atoms with van der Waals surface area (Å²) >= 11 is 0. The number of hydrogen-bond acceptors (Lipinski definition) is 7. The Bertz CT molecular complexity index is 1070. The first kappa shape index (κ1) is 20.5. The summed E-state index contributed by atoms with van der Waals surface area (Å²) in [6.45, 7) is 4.10. The Balaban J connectivity index is 1.35. The molecule has 4 rings (SSSR count). The third-order valence-electron chi connectivity index (χ3n) is 5.40. The number of nitrogens with zero attached hydrogens (tertiary/aromatic N) is 7. The van der Waals surface area contributed by atoms with Gasteiger partial charge in [-0.15, -0.1) is 10.2 Å². The molecule has 160 valence electrons. The highest BCUT2D eigenvalue weighted by Crippen LogP contribution is 2.28. The Kier molecular flexibility index (Phi) is 5.87. The van der Waals surface area contributed by atoms with Crippen molar-refractivity contribution in [3.8, 4) is 11.4 Å². The van der Waals surface area contributed by atoms with Crippen LogP contribution in [-0.4, -0.2) is 62.1 Å². The van der Waals surface area contributed by atoms with Gasteiger partial charge in [0, 0.05) is 37.8 Å². The van der Waals surface area contributed by atoms with Crippen molar-refractivity contribution in [3.05, 3.63) is 64.2 Å². The standard InChI is InChI=1S/C21H23N7O3/c1-2-16-7-9-17(10-8-16)21-22-24-27(23-21)15-20(29)26-13-11-25(12-14-26)18-5-3-4-6-19(18)28(30)31/h3-10H,2,11-15H2,1H3. The van der Waals surface area contributed by atoms with Gasteiger partial charge >= 0.3 is 0 Å². The normalized spacial score (nSPS) is 14.0. The molecule has 1 aliphatic rings. The summed E-state index contributed by atoms with van der Waals surface area (Å²) in [6.07, 6.45) is 0.958. The average Bonchev–Trinajstić information content (AvgIpc) is 3.27. The summed E-state index contributed by atoms with van der Waals surface area (Å²) in [5.74, 6) is 0.379. The van der Waals surface area contributed by atoms with Gasteiger partial charge in [0.05, 0.1) is 4.92 Å². The molecule has 0 saturated carbocycles. The van der Waals surface area contributed by atoms with E-state index in [1.165, 1.54) is 16.4 Å². The quantitative estimate of drug-likeness (QED) is 0.443. The molecule has 1 fully saturated rings. The van der Waals surface area contributed by atoms with Crippen LogP contribution in [0.4, 0.5) is 11.4 Å². The van der Waals surface area contributed by atoms with E-state index in [4.69, 9.17) is 0 Å². The average molecular weight is 421 g/mol. The smallest absolute Gasteiger partial charge is 0.292 e. The van der Waals surface area contributed by atoms with E-state index >= 15 is 0 Å². The van der Waals surface area contributed by atoms with Crippen molar-refractivity contribution >= 4 is 17.3 Å². The largest absolute Gasteiger partial charge is 0.362 e. The molecule has 10 nitrogen and oxygen atoms in total. The molecule has 3 aromatic rings. The van der Waals surface area contributed by atoms with Crippen LogP contribution in [0.5, 0.6) is 0 Å². The summed E-state index contributed by atoms with van der Waals surface area (Å²) in [4.78, 5) is 28.5. The highest BCUT2D eigenvalue weighted by molar-refractivity contribution is 5.76. The molecule has 0 atom stereocenters. The van der Waals surface area contributed by atoms with E-state index in [-0.39, 0.29) is 23.1 Å². The van der Waals surface area contributed by atoms with Crippen LogP contribution >= 0.6 is 0 Å². The number of aromatic nitrogens is 4. The zero-order valence-corrected chi connectivity index (χ0v) is 17.2. The lowest BCUT2D eigenvalue weighted by molar-refractivity contribution is -0.384. The minimum atomic E-state index is -0.378. The number of nitro groups is 1. The lowest BCUT2D eigenvalue weighted by Crippen LogP contribution is -2.49. The second-order valence-corrected chi connectivity index (χ2v) is 7.31. The van der Waals surface area contributed by atoms with Crippen LogP contribution in [0.1, 0.15) is 12.5 Å². The lowest BCUT2D eigenvalue weighted by Gasteiger charge is -2.35. The number of amides is 1. The molecular formula is C21H23N7O3. The predicted octanol–water partition coefficient (Wildman–Crippen LogP) is 2.16. The summed E-state index contributed by atoms with van der Waals surface area (Å²) in [7, 11) is 0. The molecule has 10 heteroatoms. The number of anilines is 1. The first-order chi connectivity index (χ1) is 15.0. The predicted molar refractivity (Wildman–Crippen MR) is 115 cm³/mol. The van der Waals surface area contributed by atoms with Crippen molar-refractivity contribution in [3.63, 3.8) is 0 Å². The van der Waals surface area contributed by atoms with Gasteiger partial charge in [-0.1, -0.05) is 43.3 Å². The van der Waals surface area contributed by atoms with Crippen LogP contribution < -0.4 is 4.90 Å². The monoisotopic (exact) mass is 421 g/mol. The van der Waals surface area contributed by atoms with E-state index in [1.807, 2.05) is 29.2 Å². The minimum absolute atomic E-state index is 0.00548. The molecule has 1 saturated heterocycles. The fraction of sp³-hybridized carbons (Fsp3) is 0.333. The Labute approximate surface area is 179 Å². The van der Waals surface area contributed by atoms with Crippen molar-refractivity contribution in [2.45, 2.75) is 19.9 Å². The maximum Gasteiger partial charge on any atom is 0.292 e. The van der Waals surface area contributed by atoms with Gasteiger partial charge < -0.3 is 9.80 Å². The SMILES string of the molecule is CCc1ccc(-c2nnn(CC(=O)N3CCN(c4ccccc4[N+](=O)[O-])CC3)n2)cc1. The van der Waals surface area contributed by atoms with Crippen LogP contribution in [0.15, 0.2) is 48.5 Å². The van der Waals surface area contributed by atoms with Crippen LogP contribution in [0.2, 0.25) is 0 Å². The first-order valence-electron chi connectivity index (χ1n) is 10.2. The number of rotatable bonds is 6. The van der Waals surface area contributed by atoms with Gasteiger partial charge in [-0.05, 0) is 23.3 Å². The number of tetrazole rings is 1. The molecule has 0 unspecified atom stereocenters. The number of nitro benzene ring substituents is 1. The zero-order chi connectivity index (χ0) is 21.8. The molecular weight excluding hydrogens is 398 g/mol. The second kappa shape index (κ2) is 8.90. The van der Waals surface area contributed by atoms with Gasteiger partial charge in [-0.2, -0.15) is 4.80 Å². The Hall–Kier alpha value is -3.82. The number of benzene rings is 2. The summed E-state index contributed by atoms with van der Waals surface area (Å²) in [5, 5.41) is 23.7. The molecule has 0 spiro atoms. The van der Waals surface area contributed by atoms with Gasteiger partial charge in [0.15, 0.2) is 0 Å². The Morgan fingerprint density at radius 1 is 1.06 bits per heavy atom. The van der Waals surface area contributed by atoms with Gasteiger partial charge in [-0.3, -0.25) is 14.9 Å². The lowest BCUT2D eigenvalue weighted by atomic mass is 10.1. The van der Waals surface area contributed by atoms with E-state index in [0.717, 1.165) is 12.0 Å². The molecule has 1 aromatic heterocycles. The fourth-order valence-electron chi connectivity index (χ4n) is 3.62. The van der Waals surface area contributed by atoms with E-state index in [2.05, 4.69) is 22.3 Å². The zero-order valence-electron chi connectivity index (χ0n) is 17.2. The van der Waals surface area contributed by atoms with Crippen LogP contribution in [0.3, 0.4) is 0 Å². The molecule has 1 amide bonds. The number of piperazine rings is 1. The maximum absolute atomic E-state index is 12.7. The summed E-state index contributed by atoms with van der Waals surface area (Å²) in [5.41, 5.74) is 2.74. The number of carbonyl (C=O) groups is 1. The number of hydrogen-bond donors (Lipinski definition) is 0.